The summed E-state index contributed by atoms with van der Waals surface area (Å²) in [7, 11) is 0. The number of rotatable bonds is 6. The lowest BCUT2D eigenvalue weighted by Crippen LogP contribution is -2.29. The highest BCUT2D eigenvalue weighted by Crippen LogP contribution is 2.47. The van der Waals surface area contributed by atoms with Gasteiger partial charge in [0.25, 0.3) is 0 Å². The average Bonchev–Trinajstić information content (AvgIpc) is 3.16. The highest BCUT2D eigenvalue weighted by molar-refractivity contribution is 6.42. The number of benzene rings is 3. The SMILES string of the molecule is CCOC(=O)C1=C(C)NC2=C(C(=O)c3ccccc32)[C@H]1c1ccc(OCc2ccc(Cl)c(Cl)c2)c(Cl)c1. The molecular formula is C29H22Cl3NO4. The van der Waals surface area contributed by atoms with Gasteiger partial charge in [-0.1, -0.05) is 71.2 Å². The molecule has 0 radical (unpaired) electrons. The molecule has 1 N–H and O–H groups in total. The molecule has 5 rings (SSSR count). The van der Waals surface area contributed by atoms with Gasteiger partial charge in [-0.15, -0.1) is 0 Å². The number of Topliss-reactive ketones (excluding diaryl/α,β-unsaturated/α-hetero) is 1. The van der Waals surface area contributed by atoms with Gasteiger partial charge in [-0.05, 0) is 49.2 Å². The van der Waals surface area contributed by atoms with Crippen LogP contribution in [0.5, 0.6) is 5.75 Å². The zero-order valence-corrected chi connectivity index (χ0v) is 22.3. The molecule has 5 nitrogen and oxygen atoms in total. The van der Waals surface area contributed by atoms with Gasteiger partial charge in [0.15, 0.2) is 5.78 Å². The van der Waals surface area contributed by atoms with Crippen LogP contribution < -0.4 is 10.1 Å². The maximum absolute atomic E-state index is 13.6. The smallest absolute Gasteiger partial charge is 0.336 e. The van der Waals surface area contributed by atoms with E-state index in [0.717, 1.165) is 11.1 Å². The maximum Gasteiger partial charge on any atom is 0.336 e. The molecule has 3 aromatic rings. The van der Waals surface area contributed by atoms with Gasteiger partial charge in [0, 0.05) is 28.3 Å². The Bertz CT molecular complexity index is 1510. The van der Waals surface area contributed by atoms with Crippen molar-refractivity contribution in [3.8, 4) is 5.75 Å². The lowest BCUT2D eigenvalue weighted by molar-refractivity contribution is -0.138. The van der Waals surface area contributed by atoms with E-state index in [-0.39, 0.29) is 19.0 Å². The third kappa shape index (κ3) is 4.63. The van der Waals surface area contributed by atoms with Gasteiger partial charge in [0.1, 0.15) is 12.4 Å². The predicted molar refractivity (Wildman–Crippen MR) is 145 cm³/mol. The normalized spacial score (nSPS) is 16.4. The number of hydrogen-bond donors (Lipinski definition) is 1. The van der Waals surface area contributed by atoms with Crippen LogP contribution in [0.4, 0.5) is 0 Å². The van der Waals surface area contributed by atoms with Gasteiger partial charge >= 0.3 is 5.97 Å². The zero-order chi connectivity index (χ0) is 26.3. The first-order valence-corrected chi connectivity index (χ1v) is 12.8. The fraction of sp³-hybridized carbons (Fsp3) is 0.172. The van der Waals surface area contributed by atoms with Crippen LogP contribution in [-0.2, 0) is 16.1 Å². The summed E-state index contributed by atoms with van der Waals surface area (Å²) in [4.78, 5) is 26.7. The van der Waals surface area contributed by atoms with E-state index in [1.54, 1.807) is 37.3 Å². The molecule has 1 aliphatic heterocycles. The molecule has 0 spiro atoms. The second kappa shape index (κ2) is 10.3. The van der Waals surface area contributed by atoms with Crippen molar-refractivity contribution in [1.29, 1.82) is 0 Å². The molecule has 1 aliphatic carbocycles. The number of fused-ring (bicyclic) bond motifs is 2. The number of nitrogens with one attached hydrogen (secondary N) is 1. The van der Waals surface area contributed by atoms with Crippen molar-refractivity contribution in [3.05, 3.63) is 115 Å². The molecule has 37 heavy (non-hydrogen) atoms. The van der Waals surface area contributed by atoms with Crippen molar-refractivity contribution in [2.45, 2.75) is 26.4 Å². The van der Waals surface area contributed by atoms with Crippen molar-refractivity contribution in [2.24, 2.45) is 0 Å². The fourth-order valence-electron chi connectivity index (χ4n) is 4.75. The van der Waals surface area contributed by atoms with Crippen molar-refractivity contribution in [2.75, 3.05) is 6.61 Å². The largest absolute Gasteiger partial charge is 0.487 e. The molecule has 0 saturated heterocycles. The van der Waals surface area contributed by atoms with Crippen molar-refractivity contribution >= 4 is 52.3 Å². The fourth-order valence-corrected chi connectivity index (χ4v) is 5.31. The van der Waals surface area contributed by atoms with Crippen molar-refractivity contribution in [3.63, 3.8) is 0 Å². The van der Waals surface area contributed by atoms with Gasteiger partial charge in [0.05, 0.1) is 32.9 Å². The summed E-state index contributed by atoms with van der Waals surface area (Å²) in [6.07, 6.45) is 0. The highest BCUT2D eigenvalue weighted by Gasteiger charge is 2.43. The first-order chi connectivity index (χ1) is 17.8. The Morgan fingerprint density at radius 3 is 2.41 bits per heavy atom. The molecule has 188 valence electrons. The molecule has 0 saturated carbocycles. The van der Waals surface area contributed by atoms with E-state index in [1.165, 1.54) is 0 Å². The van der Waals surface area contributed by atoms with Crippen LogP contribution in [0.15, 0.2) is 77.5 Å². The van der Waals surface area contributed by atoms with Gasteiger partial charge < -0.3 is 14.8 Å². The molecule has 0 fully saturated rings. The minimum Gasteiger partial charge on any atom is -0.487 e. The molecule has 8 heteroatoms. The van der Waals surface area contributed by atoms with Crippen molar-refractivity contribution in [1.82, 2.24) is 5.32 Å². The molecule has 1 atom stereocenters. The monoisotopic (exact) mass is 553 g/mol. The first-order valence-electron chi connectivity index (χ1n) is 11.7. The van der Waals surface area contributed by atoms with Crippen LogP contribution >= 0.6 is 34.8 Å². The van der Waals surface area contributed by atoms with Gasteiger partial charge in [-0.25, -0.2) is 4.79 Å². The van der Waals surface area contributed by atoms with E-state index >= 15 is 0 Å². The number of halogens is 3. The summed E-state index contributed by atoms with van der Waals surface area (Å²) in [6.45, 7) is 4.01. The second-order valence-electron chi connectivity index (χ2n) is 8.71. The van der Waals surface area contributed by atoms with Crippen LogP contribution in [-0.4, -0.2) is 18.4 Å². The summed E-state index contributed by atoms with van der Waals surface area (Å²) in [5.74, 6) is -0.812. The molecule has 2 aliphatic rings. The molecule has 3 aromatic carbocycles. The molecule has 1 heterocycles. The number of allylic oxidation sites excluding steroid dienone is 2. The summed E-state index contributed by atoms with van der Waals surface area (Å²) >= 11 is 18.7. The average molecular weight is 555 g/mol. The Morgan fingerprint density at radius 2 is 1.70 bits per heavy atom. The van der Waals surface area contributed by atoms with Crippen LogP contribution in [0.3, 0.4) is 0 Å². The predicted octanol–water partition coefficient (Wildman–Crippen LogP) is 7.36. The number of carbonyl (C=O) groups is 2. The van der Waals surface area contributed by atoms with Crippen LogP contribution in [0.25, 0.3) is 5.70 Å². The van der Waals surface area contributed by atoms with E-state index in [0.29, 0.717) is 54.5 Å². The Hall–Kier alpha value is -3.25. The van der Waals surface area contributed by atoms with Crippen LogP contribution in [0, 0.1) is 0 Å². The van der Waals surface area contributed by atoms with E-state index in [9.17, 15) is 9.59 Å². The Labute approximate surface area is 229 Å². The quantitative estimate of drug-likeness (QED) is 0.323. The molecule has 0 unspecified atom stereocenters. The number of ketones is 1. The molecule has 0 bridgehead atoms. The Morgan fingerprint density at radius 1 is 0.946 bits per heavy atom. The van der Waals surface area contributed by atoms with Crippen LogP contribution in [0.1, 0.15) is 46.8 Å². The third-order valence-corrected chi connectivity index (χ3v) is 7.45. The second-order valence-corrected chi connectivity index (χ2v) is 9.93. The summed E-state index contributed by atoms with van der Waals surface area (Å²) < 4.78 is 11.3. The summed E-state index contributed by atoms with van der Waals surface area (Å²) in [6, 6.07) is 18.0. The molecular weight excluding hydrogens is 533 g/mol. The summed E-state index contributed by atoms with van der Waals surface area (Å²) in [5, 5.41) is 4.54. The van der Waals surface area contributed by atoms with Crippen LogP contribution in [0.2, 0.25) is 15.1 Å². The molecule has 0 aromatic heterocycles. The number of dihydropyridines is 1. The lowest BCUT2D eigenvalue weighted by atomic mass is 9.80. The van der Waals surface area contributed by atoms with Gasteiger partial charge in [-0.2, -0.15) is 0 Å². The third-order valence-electron chi connectivity index (χ3n) is 6.41. The standard InChI is InChI=1S/C29H22Cl3NO4/c1-3-36-29(35)24-15(2)33-27-18-6-4-5-7-19(18)28(34)26(27)25(24)17-9-11-23(22(32)13-17)37-14-16-8-10-20(30)21(31)12-16/h4-13,25,33H,3,14H2,1-2H3/t25-/m0/s1. The first kappa shape index (κ1) is 25.4. The van der Waals surface area contributed by atoms with E-state index in [2.05, 4.69) is 5.32 Å². The highest BCUT2D eigenvalue weighted by atomic mass is 35.5. The number of esters is 1. The Kier molecular flexibility index (Phi) is 7.04. The summed E-state index contributed by atoms with van der Waals surface area (Å²) in [5.41, 5.74) is 5.12. The number of carbonyl (C=O) groups excluding carboxylic acids is 2. The minimum absolute atomic E-state index is 0.131. The maximum atomic E-state index is 13.6. The number of hydrogen-bond acceptors (Lipinski definition) is 5. The van der Waals surface area contributed by atoms with E-state index in [1.807, 2.05) is 37.3 Å². The topological polar surface area (TPSA) is 64.6 Å². The van der Waals surface area contributed by atoms with Crippen molar-refractivity contribution < 1.29 is 19.1 Å². The zero-order valence-electron chi connectivity index (χ0n) is 20.0. The van der Waals surface area contributed by atoms with Gasteiger partial charge in [-0.3, -0.25) is 4.79 Å². The minimum atomic E-state index is -0.656. The Balaban J connectivity index is 1.52. The van der Waals surface area contributed by atoms with E-state index in [4.69, 9.17) is 44.3 Å². The lowest BCUT2D eigenvalue weighted by Gasteiger charge is -2.29. The number of ether oxygens (including phenoxy) is 2. The van der Waals surface area contributed by atoms with Gasteiger partial charge in [0.2, 0.25) is 0 Å². The molecule has 0 amide bonds. The van der Waals surface area contributed by atoms with E-state index < -0.39 is 11.9 Å².